The second-order valence-corrected chi connectivity index (χ2v) is 13.7. The molecule has 0 radical (unpaired) electrons. The van der Waals surface area contributed by atoms with Crippen molar-refractivity contribution < 1.29 is 19.1 Å². The lowest BCUT2D eigenvalue weighted by atomic mass is 9.90. The number of carbonyl (C=O) groups is 2. The van der Waals surface area contributed by atoms with Gasteiger partial charge in [-0.15, -0.1) is 0 Å². The number of rotatable bonds is 6. The molecule has 0 aromatic rings. The average molecular weight is 371 g/mol. The molecule has 0 fully saturated rings. The maximum absolute atomic E-state index is 12.1. The third-order valence-electron chi connectivity index (χ3n) is 4.25. The van der Waals surface area contributed by atoms with Crippen LogP contribution in [0.3, 0.4) is 0 Å². The summed E-state index contributed by atoms with van der Waals surface area (Å²) in [4.78, 5) is 25.2. The number of alkyl carbamates (subject to hydrolysis) is 1. The summed E-state index contributed by atoms with van der Waals surface area (Å²) in [5.74, 6) is 0.0957. The number of ether oxygens (including phenoxy) is 2. The zero-order valence-electron chi connectivity index (χ0n) is 16.3. The predicted molar refractivity (Wildman–Crippen MR) is 103 cm³/mol. The normalized spacial score (nSPS) is 22.3. The molecular formula is C18H34N2O4Si. The zero-order chi connectivity index (χ0) is 18.9. The molecule has 1 rings (SSSR count). The fourth-order valence-corrected chi connectivity index (χ4v) is 3.29. The van der Waals surface area contributed by atoms with Gasteiger partial charge in [0.2, 0.25) is 0 Å². The highest BCUT2D eigenvalue weighted by atomic mass is 28.3. The molecule has 0 aromatic carbocycles. The average Bonchev–Trinajstić information content (AvgIpc) is 2.47. The lowest BCUT2D eigenvalue weighted by molar-refractivity contribution is 0.0870. The summed E-state index contributed by atoms with van der Waals surface area (Å²) >= 11 is 0. The summed E-state index contributed by atoms with van der Waals surface area (Å²) in [7, 11) is 2.10. The molecule has 0 unspecified atom stereocenters. The van der Waals surface area contributed by atoms with Gasteiger partial charge in [0.15, 0.2) is 0 Å². The van der Waals surface area contributed by atoms with Gasteiger partial charge in [-0.1, -0.05) is 31.8 Å². The standard InChI is InChI=1S/C18H34N2O4Si/c1-20(2)18(22)24-14-15-10-8-6-7-9-11-16(15)19-17(21)23-12-13-25(3,4)5/h7,9,15-16H,6,8,10-14H2,1-5H3,(H,19,21)/b9-7+/t15-,16-/m0/s1. The first-order valence-electron chi connectivity index (χ1n) is 9.11. The molecule has 0 heterocycles. The Labute approximate surface area is 152 Å². The molecule has 0 aromatic heterocycles. The summed E-state index contributed by atoms with van der Waals surface area (Å²) in [6, 6.07) is 0.875. The Morgan fingerprint density at radius 3 is 2.56 bits per heavy atom. The van der Waals surface area contributed by atoms with Crippen LogP contribution in [-0.4, -0.2) is 58.5 Å². The van der Waals surface area contributed by atoms with E-state index in [1.807, 2.05) is 0 Å². The van der Waals surface area contributed by atoms with Crippen molar-refractivity contribution in [3.8, 4) is 0 Å². The minimum Gasteiger partial charge on any atom is -0.450 e. The van der Waals surface area contributed by atoms with Crippen molar-refractivity contribution in [2.45, 2.75) is 57.4 Å². The van der Waals surface area contributed by atoms with Crippen LogP contribution in [0.2, 0.25) is 25.7 Å². The molecule has 144 valence electrons. The van der Waals surface area contributed by atoms with E-state index in [-0.39, 0.29) is 24.1 Å². The van der Waals surface area contributed by atoms with Crippen molar-refractivity contribution in [1.29, 1.82) is 0 Å². The summed E-state index contributed by atoms with van der Waals surface area (Å²) in [6.45, 7) is 7.53. The van der Waals surface area contributed by atoms with E-state index in [1.165, 1.54) is 4.90 Å². The minimum absolute atomic E-state index is 0.0779. The quantitative estimate of drug-likeness (QED) is 0.569. The number of nitrogens with zero attached hydrogens (tertiary/aromatic N) is 1. The van der Waals surface area contributed by atoms with Gasteiger partial charge in [-0.25, -0.2) is 9.59 Å². The second-order valence-electron chi connectivity index (χ2n) is 8.07. The van der Waals surface area contributed by atoms with Gasteiger partial charge in [0.05, 0.1) is 13.2 Å². The molecule has 1 aliphatic rings. The molecule has 0 aliphatic heterocycles. The fourth-order valence-electron chi connectivity index (χ4n) is 2.58. The van der Waals surface area contributed by atoms with E-state index >= 15 is 0 Å². The molecule has 7 heteroatoms. The lowest BCUT2D eigenvalue weighted by Crippen LogP contribution is -2.43. The Hall–Kier alpha value is -1.50. The Balaban J connectivity index is 2.56. The highest BCUT2D eigenvalue weighted by Gasteiger charge is 2.25. The van der Waals surface area contributed by atoms with E-state index in [9.17, 15) is 9.59 Å². The van der Waals surface area contributed by atoms with Crippen LogP contribution in [0, 0.1) is 5.92 Å². The van der Waals surface area contributed by atoms with E-state index in [4.69, 9.17) is 9.47 Å². The van der Waals surface area contributed by atoms with Gasteiger partial charge in [-0.05, 0) is 31.7 Å². The molecule has 0 saturated heterocycles. The first-order valence-corrected chi connectivity index (χ1v) is 12.8. The molecule has 0 bridgehead atoms. The number of nitrogens with one attached hydrogen (secondary N) is 1. The Morgan fingerprint density at radius 1 is 1.20 bits per heavy atom. The van der Waals surface area contributed by atoms with E-state index in [0.717, 1.165) is 31.7 Å². The zero-order valence-corrected chi connectivity index (χ0v) is 17.3. The second kappa shape index (κ2) is 10.5. The number of carbonyl (C=O) groups excluding carboxylic acids is 2. The number of allylic oxidation sites excluding steroid dienone is 1. The molecule has 1 aliphatic carbocycles. The van der Waals surface area contributed by atoms with Gasteiger partial charge in [-0.3, -0.25) is 0 Å². The van der Waals surface area contributed by atoms with Crippen molar-refractivity contribution in [3.63, 3.8) is 0 Å². The molecule has 2 amide bonds. The van der Waals surface area contributed by atoms with Gasteiger partial charge in [0.25, 0.3) is 0 Å². The van der Waals surface area contributed by atoms with Crippen LogP contribution >= 0.6 is 0 Å². The molecule has 25 heavy (non-hydrogen) atoms. The lowest BCUT2D eigenvalue weighted by Gasteiger charge is -2.28. The van der Waals surface area contributed by atoms with Crippen molar-refractivity contribution in [2.24, 2.45) is 5.92 Å². The Kier molecular flexibility index (Phi) is 9.03. The number of hydrogen-bond acceptors (Lipinski definition) is 4. The summed E-state index contributed by atoms with van der Waals surface area (Å²) in [5, 5.41) is 2.97. The Morgan fingerprint density at radius 2 is 1.92 bits per heavy atom. The smallest absolute Gasteiger partial charge is 0.409 e. The van der Waals surface area contributed by atoms with Gasteiger partial charge in [-0.2, -0.15) is 0 Å². The summed E-state index contributed by atoms with van der Waals surface area (Å²) in [5.41, 5.74) is 0. The summed E-state index contributed by atoms with van der Waals surface area (Å²) in [6.07, 6.45) is 7.18. The van der Waals surface area contributed by atoms with Crippen LogP contribution < -0.4 is 5.32 Å². The van der Waals surface area contributed by atoms with Crippen molar-refractivity contribution in [2.75, 3.05) is 27.3 Å². The van der Waals surface area contributed by atoms with Gasteiger partial charge in [0, 0.05) is 34.1 Å². The van der Waals surface area contributed by atoms with E-state index < -0.39 is 8.07 Å². The number of hydrogen-bond donors (Lipinski definition) is 1. The van der Waals surface area contributed by atoms with Crippen LogP contribution in [0.1, 0.15) is 25.7 Å². The third-order valence-corrected chi connectivity index (χ3v) is 5.95. The largest absolute Gasteiger partial charge is 0.450 e. The minimum atomic E-state index is -1.22. The van der Waals surface area contributed by atoms with Crippen LogP contribution in [0.15, 0.2) is 12.2 Å². The SMILES string of the molecule is CN(C)C(=O)OC[C@@H]1CCC/C=C/C[C@@H]1NC(=O)OCC[Si](C)(C)C. The van der Waals surface area contributed by atoms with Gasteiger partial charge < -0.3 is 19.7 Å². The topological polar surface area (TPSA) is 67.9 Å². The van der Waals surface area contributed by atoms with Gasteiger partial charge in [0.1, 0.15) is 0 Å². The Bertz CT molecular complexity index is 460. The third kappa shape index (κ3) is 9.53. The molecule has 6 nitrogen and oxygen atoms in total. The maximum atomic E-state index is 12.1. The highest BCUT2D eigenvalue weighted by Crippen LogP contribution is 2.20. The first kappa shape index (κ1) is 21.5. The molecule has 1 N–H and O–H groups in total. The van der Waals surface area contributed by atoms with Gasteiger partial charge >= 0.3 is 12.2 Å². The molecular weight excluding hydrogens is 336 g/mol. The molecule has 2 atom stereocenters. The predicted octanol–water partition coefficient (Wildman–Crippen LogP) is 3.86. The van der Waals surface area contributed by atoms with Crippen molar-refractivity contribution in [3.05, 3.63) is 12.2 Å². The molecule has 0 saturated carbocycles. The van der Waals surface area contributed by atoms with E-state index in [0.29, 0.717) is 13.2 Å². The number of amides is 2. The fraction of sp³-hybridized carbons (Fsp3) is 0.778. The first-order chi connectivity index (χ1) is 11.7. The van der Waals surface area contributed by atoms with E-state index in [2.05, 4.69) is 37.1 Å². The maximum Gasteiger partial charge on any atom is 0.409 e. The van der Waals surface area contributed by atoms with E-state index in [1.54, 1.807) is 14.1 Å². The summed E-state index contributed by atoms with van der Waals surface area (Å²) < 4.78 is 10.7. The van der Waals surface area contributed by atoms with Crippen LogP contribution in [0.4, 0.5) is 9.59 Å². The van der Waals surface area contributed by atoms with Crippen LogP contribution in [-0.2, 0) is 9.47 Å². The molecule has 0 spiro atoms. The van der Waals surface area contributed by atoms with Crippen LogP contribution in [0.5, 0.6) is 0 Å². The van der Waals surface area contributed by atoms with Crippen molar-refractivity contribution in [1.82, 2.24) is 10.2 Å². The van der Waals surface area contributed by atoms with Crippen molar-refractivity contribution >= 4 is 20.3 Å². The van der Waals surface area contributed by atoms with Crippen LogP contribution in [0.25, 0.3) is 0 Å². The monoisotopic (exact) mass is 370 g/mol. The highest BCUT2D eigenvalue weighted by molar-refractivity contribution is 6.76.